The summed E-state index contributed by atoms with van der Waals surface area (Å²) in [5.41, 5.74) is 0.358. The number of ether oxygens (including phenoxy) is 5. The van der Waals surface area contributed by atoms with Gasteiger partial charge in [-0.25, -0.2) is 9.59 Å². The van der Waals surface area contributed by atoms with Crippen LogP contribution < -0.4 is 10.1 Å². The second-order valence-electron chi connectivity index (χ2n) is 12.3. The van der Waals surface area contributed by atoms with Crippen LogP contribution in [0.25, 0.3) is 0 Å². The van der Waals surface area contributed by atoms with Crippen molar-refractivity contribution < 1.29 is 47.8 Å². The van der Waals surface area contributed by atoms with Gasteiger partial charge in [0.2, 0.25) is 0 Å². The number of esters is 3. The normalized spacial score (nSPS) is 12.3. The molecule has 0 aliphatic rings. The number of hydrogen-bond donors (Lipinski definition) is 1. The summed E-state index contributed by atoms with van der Waals surface area (Å²) in [7, 11) is 0. The summed E-state index contributed by atoms with van der Waals surface area (Å²) in [4.78, 5) is 63.8. The van der Waals surface area contributed by atoms with Gasteiger partial charge < -0.3 is 29.0 Å². The first-order valence-electron chi connectivity index (χ1n) is 16.3. The van der Waals surface area contributed by atoms with Crippen LogP contribution in [0.4, 0.5) is 10.5 Å². The summed E-state index contributed by atoms with van der Waals surface area (Å²) in [6.45, 7) is 8.21. The van der Waals surface area contributed by atoms with Gasteiger partial charge in [0.05, 0.1) is 11.5 Å². The lowest BCUT2D eigenvalue weighted by Gasteiger charge is -2.25. The third-order valence-electron chi connectivity index (χ3n) is 7.10. The molecule has 0 radical (unpaired) electrons. The minimum atomic E-state index is -1.58. The van der Waals surface area contributed by atoms with E-state index < -0.39 is 58.3 Å². The molecule has 1 N–H and O–H groups in total. The number of nitrogens with zero attached hydrogens (tertiary/aromatic N) is 1. The summed E-state index contributed by atoms with van der Waals surface area (Å²) >= 11 is 0. The van der Waals surface area contributed by atoms with Crippen LogP contribution in [-0.2, 0) is 53.0 Å². The van der Waals surface area contributed by atoms with Crippen LogP contribution in [0.3, 0.4) is 0 Å². The number of nitro groups is 1. The first kappa shape index (κ1) is 39.0. The summed E-state index contributed by atoms with van der Waals surface area (Å²) < 4.78 is 27.5. The smallest absolute Gasteiger partial charge is 0.408 e. The van der Waals surface area contributed by atoms with Crippen LogP contribution >= 0.6 is 0 Å². The maximum atomic E-state index is 13.5. The van der Waals surface area contributed by atoms with Crippen molar-refractivity contribution in [3.63, 3.8) is 0 Å². The highest BCUT2D eigenvalue weighted by Gasteiger charge is 2.40. The first-order chi connectivity index (χ1) is 23.8. The van der Waals surface area contributed by atoms with E-state index in [1.54, 1.807) is 76.2 Å². The molecular weight excluding hydrogens is 648 g/mol. The van der Waals surface area contributed by atoms with Gasteiger partial charge in [-0.15, -0.1) is 0 Å². The Bertz CT molecular complexity index is 1530. The van der Waals surface area contributed by atoms with E-state index in [2.05, 4.69) is 5.32 Å². The summed E-state index contributed by atoms with van der Waals surface area (Å²) in [6, 6.07) is 20.6. The fourth-order valence-corrected chi connectivity index (χ4v) is 4.83. The third kappa shape index (κ3) is 12.5. The molecule has 13 nitrogen and oxygen atoms in total. The average Bonchev–Trinajstić information content (AvgIpc) is 3.07. The van der Waals surface area contributed by atoms with Crippen LogP contribution in [0.5, 0.6) is 5.75 Å². The zero-order valence-electron chi connectivity index (χ0n) is 28.9. The topological polar surface area (TPSA) is 170 Å². The summed E-state index contributed by atoms with van der Waals surface area (Å²) in [5.74, 6) is -4.37. The van der Waals surface area contributed by atoms with E-state index in [4.69, 9.17) is 23.7 Å². The molecule has 3 aromatic rings. The third-order valence-corrected chi connectivity index (χ3v) is 7.10. The van der Waals surface area contributed by atoms with Crippen LogP contribution in [0, 0.1) is 16.0 Å². The van der Waals surface area contributed by atoms with Crippen molar-refractivity contribution in [2.75, 3.05) is 6.61 Å². The highest BCUT2D eigenvalue weighted by molar-refractivity contribution is 5.95. The molecule has 13 heteroatoms. The largest absolute Gasteiger partial charge is 0.482 e. The molecule has 0 heterocycles. The van der Waals surface area contributed by atoms with E-state index in [1.807, 2.05) is 19.1 Å². The lowest BCUT2D eigenvalue weighted by atomic mass is 9.98. The maximum absolute atomic E-state index is 13.5. The Labute approximate surface area is 291 Å². The van der Waals surface area contributed by atoms with Crippen molar-refractivity contribution in [3.8, 4) is 5.75 Å². The molecule has 0 aromatic heterocycles. The predicted octanol–water partition coefficient (Wildman–Crippen LogP) is 6.24. The zero-order valence-corrected chi connectivity index (χ0v) is 28.9. The van der Waals surface area contributed by atoms with Crippen LogP contribution in [0.2, 0.25) is 0 Å². The van der Waals surface area contributed by atoms with Gasteiger partial charge in [-0.05, 0) is 56.9 Å². The highest BCUT2D eigenvalue weighted by Crippen LogP contribution is 2.32. The number of carbonyl (C=O) groups is 4. The Morgan fingerprint density at radius 1 is 0.780 bits per heavy atom. The molecule has 2 atom stereocenters. The van der Waals surface area contributed by atoms with E-state index in [-0.39, 0.29) is 38.4 Å². The average molecular weight is 693 g/mol. The van der Waals surface area contributed by atoms with Crippen molar-refractivity contribution in [2.24, 2.45) is 5.92 Å². The molecule has 0 saturated heterocycles. The molecule has 0 unspecified atom stereocenters. The van der Waals surface area contributed by atoms with Gasteiger partial charge in [0.1, 0.15) is 31.0 Å². The monoisotopic (exact) mass is 692 g/mol. The van der Waals surface area contributed by atoms with Gasteiger partial charge in [-0.1, -0.05) is 80.1 Å². The SMILES string of the molecule is CCC[C@@H](Oc1ccc(C[C@H](NC(=O)OC(C)(C)C)C(=O)OCC)cc1[N+](=O)[O-])C(C(=O)OCc1ccccc1)C(=O)OCc1ccccc1. The minimum absolute atomic E-state index is 0.0415. The van der Waals surface area contributed by atoms with Crippen LogP contribution in [0.15, 0.2) is 78.9 Å². The molecule has 0 aliphatic heterocycles. The van der Waals surface area contributed by atoms with E-state index in [9.17, 15) is 29.3 Å². The Morgan fingerprint density at radius 3 is 1.82 bits per heavy atom. The fraction of sp³-hybridized carbons (Fsp3) is 0.405. The van der Waals surface area contributed by atoms with Gasteiger partial charge in [0.25, 0.3) is 0 Å². The summed E-state index contributed by atoms with van der Waals surface area (Å²) in [6.07, 6.45) is -1.63. The fourth-order valence-electron chi connectivity index (χ4n) is 4.83. The molecule has 268 valence electrons. The van der Waals surface area contributed by atoms with Gasteiger partial charge in [0.15, 0.2) is 11.7 Å². The number of benzene rings is 3. The van der Waals surface area contributed by atoms with Crippen molar-refractivity contribution >= 4 is 29.7 Å². The van der Waals surface area contributed by atoms with Gasteiger partial charge >= 0.3 is 29.7 Å². The number of alkyl carbamates (subject to hydrolysis) is 1. The maximum Gasteiger partial charge on any atom is 0.408 e. The molecule has 0 fully saturated rings. The second-order valence-corrected chi connectivity index (χ2v) is 12.3. The second kappa shape index (κ2) is 18.9. The molecular formula is C37H44N2O11. The quantitative estimate of drug-likeness (QED) is 0.0558. The molecule has 0 aliphatic carbocycles. The number of carbonyl (C=O) groups excluding carboxylic acids is 4. The lowest BCUT2D eigenvalue weighted by molar-refractivity contribution is -0.386. The molecule has 1 amide bonds. The zero-order chi connectivity index (χ0) is 36.7. The number of hydrogen-bond acceptors (Lipinski definition) is 11. The van der Waals surface area contributed by atoms with Gasteiger partial charge in [-0.2, -0.15) is 0 Å². The molecule has 0 bridgehead atoms. The Balaban J connectivity index is 1.91. The first-order valence-corrected chi connectivity index (χ1v) is 16.3. The highest BCUT2D eigenvalue weighted by atomic mass is 16.6. The van der Waals surface area contributed by atoms with Crippen LogP contribution in [-0.4, -0.2) is 53.3 Å². The standard InChI is InChI=1S/C37H44N2O11/c1-6-14-31(32(34(41)47-23-25-15-10-8-11-16-25)35(42)48-24-26-17-12-9-13-18-26)49-30-20-19-27(22-29(30)39(44)45)21-28(33(40)46-7-2)38-36(43)50-37(3,4)5/h8-13,15-20,22,28,31-32H,6-7,14,21,23-24H2,1-5H3,(H,38,43)/t28-,31+/m0/s1. The predicted molar refractivity (Wildman–Crippen MR) is 182 cm³/mol. The number of rotatable bonds is 17. The molecule has 50 heavy (non-hydrogen) atoms. The van der Waals surface area contributed by atoms with Crippen LogP contribution in [0.1, 0.15) is 64.2 Å². The van der Waals surface area contributed by atoms with E-state index in [0.29, 0.717) is 23.1 Å². The van der Waals surface area contributed by atoms with Crippen molar-refractivity contribution in [1.82, 2.24) is 5.32 Å². The van der Waals surface area contributed by atoms with Crippen molar-refractivity contribution in [1.29, 1.82) is 0 Å². The molecule has 0 saturated carbocycles. The molecule has 3 rings (SSSR count). The Kier molecular flexibility index (Phi) is 14.7. The van der Waals surface area contributed by atoms with E-state index in [0.717, 1.165) is 0 Å². The number of nitrogens with one attached hydrogen (secondary N) is 1. The summed E-state index contributed by atoms with van der Waals surface area (Å²) in [5, 5.41) is 14.8. The molecule has 0 spiro atoms. The van der Waals surface area contributed by atoms with Gasteiger partial charge in [-0.3, -0.25) is 19.7 Å². The van der Waals surface area contributed by atoms with E-state index in [1.165, 1.54) is 18.2 Å². The lowest BCUT2D eigenvalue weighted by Crippen LogP contribution is -2.45. The van der Waals surface area contributed by atoms with E-state index >= 15 is 0 Å². The minimum Gasteiger partial charge on any atom is -0.482 e. The number of amides is 1. The Hall–Kier alpha value is -5.46. The van der Waals surface area contributed by atoms with Crippen molar-refractivity contribution in [2.45, 2.75) is 84.8 Å². The van der Waals surface area contributed by atoms with Crippen molar-refractivity contribution in [3.05, 3.63) is 106 Å². The molecule has 3 aromatic carbocycles. The van der Waals surface area contributed by atoms with Gasteiger partial charge in [0, 0.05) is 12.5 Å². The Morgan fingerprint density at radius 2 is 1.34 bits per heavy atom. The number of nitro benzene ring substituents is 1.